The Morgan fingerprint density at radius 1 is 1.33 bits per heavy atom. The molecule has 5 N–H and O–H groups in total. The predicted octanol–water partition coefficient (Wildman–Crippen LogP) is 1.36. The Hall–Kier alpha value is -1.89. The fraction of sp³-hybridized carbons (Fsp3) is 0.643. The van der Waals surface area contributed by atoms with Crippen LogP contribution in [-0.2, 0) is 4.79 Å². The summed E-state index contributed by atoms with van der Waals surface area (Å²) in [6.07, 6.45) is 2.65. The van der Waals surface area contributed by atoms with Gasteiger partial charge in [-0.3, -0.25) is 4.79 Å². The Kier molecular flexibility index (Phi) is 4.62. The fourth-order valence-electron chi connectivity index (χ4n) is 1.94. The molecule has 0 saturated heterocycles. The van der Waals surface area contributed by atoms with Gasteiger partial charge in [-0.05, 0) is 33.6 Å². The summed E-state index contributed by atoms with van der Waals surface area (Å²) in [4.78, 5) is 20.5. The van der Waals surface area contributed by atoms with Crippen LogP contribution >= 0.6 is 0 Å². The molecular formula is C14H24N6O. The predicted molar refractivity (Wildman–Crippen MR) is 82.8 cm³/mol. The lowest BCUT2D eigenvalue weighted by molar-refractivity contribution is -0.122. The lowest BCUT2D eigenvalue weighted by Gasteiger charge is -2.20. The van der Waals surface area contributed by atoms with E-state index in [-0.39, 0.29) is 11.4 Å². The summed E-state index contributed by atoms with van der Waals surface area (Å²) < 4.78 is 0. The van der Waals surface area contributed by atoms with E-state index in [1.807, 2.05) is 20.8 Å². The average Bonchev–Trinajstić information content (AvgIpc) is 3.20. The Morgan fingerprint density at radius 3 is 2.57 bits per heavy atom. The van der Waals surface area contributed by atoms with E-state index in [2.05, 4.69) is 26.0 Å². The number of carbonyl (C=O) groups excluding carboxylic acids is 1. The fourth-order valence-corrected chi connectivity index (χ4v) is 1.94. The summed E-state index contributed by atoms with van der Waals surface area (Å²) in [5, 5.41) is 6.08. The number of nitrogen functional groups attached to an aromatic ring is 1. The van der Waals surface area contributed by atoms with Gasteiger partial charge in [0.25, 0.3) is 0 Å². The topological polar surface area (TPSA) is 105 Å². The molecule has 7 nitrogen and oxygen atoms in total. The molecule has 1 saturated carbocycles. The summed E-state index contributed by atoms with van der Waals surface area (Å²) in [6.45, 7) is 6.41. The van der Waals surface area contributed by atoms with Crippen LogP contribution in [0.15, 0.2) is 6.07 Å². The highest BCUT2D eigenvalue weighted by Gasteiger charge is 2.27. The maximum Gasteiger partial charge on any atom is 0.222 e. The first-order chi connectivity index (χ1) is 9.87. The quantitative estimate of drug-likeness (QED) is 0.466. The molecule has 0 aromatic carbocycles. The SMILES string of the molecule is CC(C)(C)NC(=O)CCNc1cc(NN)nc(C2CC2)n1. The number of hydrogen-bond acceptors (Lipinski definition) is 6. The van der Waals surface area contributed by atoms with Crippen LogP contribution in [0.5, 0.6) is 0 Å². The van der Waals surface area contributed by atoms with Crippen molar-refractivity contribution in [3.05, 3.63) is 11.9 Å². The monoisotopic (exact) mass is 292 g/mol. The van der Waals surface area contributed by atoms with E-state index < -0.39 is 0 Å². The van der Waals surface area contributed by atoms with Crippen molar-refractivity contribution in [2.75, 3.05) is 17.3 Å². The second-order valence-electron chi connectivity index (χ2n) is 6.39. The molecule has 1 aromatic heterocycles. The van der Waals surface area contributed by atoms with Gasteiger partial charge in [0.1, 0.15) is 17.5 Å². The molecule has 1 amide bonds. The van der Waals surface area contributed by atoms with Crippen LogP contribution in [-0.4, -0.2) is 28.0 Å². The van der Waals surface area contributed by atoms with Crippen molar-refractivity contribution in [1.82, 2.24) is 15.3 Å². The van der Waals surface area contributed by atoms with Crippen molar-refractivity contribution in [3.63, 3.8) is 0 Å². The van der Waals surface area contributed by atoms with Crippen LogP contribution < -0.4 is 21.9 Å². The first kappa shape index (κ1) is 15.5. The second-order valence-corrected chi connectivity index (χ2v) is 6.39. The summed E-state index contributed by atoms with van der Waals surface area (Å²) in [6, 6.07) is 1.74. The van der Waals surface area contributed by atoms with Crippen molar-refractivity contribution in [3.8, 4) is 0 Å². The molecule has 1 aromatic rings. The van der Waals surface area contributed by atoms with Crippen molar-refractivity contribution in [1.29, 1.82) is 0 Å². The number of amides is 1. The number of nitrogens with zero attached hydrogens (tertiary/aromatic N) is 2. The highest BCUT2D eigenvalue weighted by molar-refractivity contribution is 5.77. The van der Waals surface area contributed by atoms with Gasteiger partial charge in [-0.15, -0.1) is 0 Å². The number of rotatable bonds is 6. The van der Waals surface area contributed by atoms with Gasteiger partial charge in [0.05, 0.1) is 0 Å². The second kappa shape index (κ2) is 6.26. The minimum Gasteiger partial charge on any atom is -0.369 e. The van der Waals surface area contributed by atoms with E-state index in [9.17, 15) is 4.79 Å². The van der Waals surface area contributed by atoms with Crippen LogP contribution in [0.1, 0.15) is 51.8 Å². The van der Waals surface area contributed by atoms with Crippen LogP contribution in [0.2, 0.25) is 0 Å². The third-order valence-corrected chi connectivity index (χ3v) is 3.01. The van der Waals surface area contributed by atoms with Gasteiger partial charge in [-0.1, -0.05) is 0 Å². The Balaban J connectivity index is 1.88. The molecule has 7 heteroatoms. The number of aromatic nitrogens is 2. The lowest BCUT2D eigenvalue weighted by atomic mass is 10.1. The summed E-state index contributed by atoms with van der Waals surface area (Å²) in [5.41, 5.74) is 2.34. The van der Waals surface area contributed by atoms with Crippen LogP contribution in [0.3, 0.4) is 0 Å². The van der Waals surface area contributed by atoms with E-state index in [1.54, 1.807) is 6.07 Å². The number of hydrogen-bond donors (Lipinski definition) is 4. The van der Waals surface area contributed by atoms with E-state index in [0.29, 0.717) is 30.5 Å². The molecule has 0 aliphatic heterocycles. The van der Waals surface area contributed by atoms with Crippen molar-refractivity contribution in [2.24, 2.45) is 5.84 Å². The highest BCUT2D eigenvalue weighted by Crippen LogP contribution is 2.38. The minimum absolute atomic E-state index is 0.0173. The normalized spacial score (nSPS) is 14.7. The number of hydrazine groups is 1. The first-order valence-corrected chi connectivity index (χ1v) is 7.28. The van der Waals surface area contributed by atoms with Gasteiger partial charge in [0, 0.05) is 30.5 Å². The van der Waals surface area contributed by atoms with Crippen LogP contribution in [0.4, 0.5) is 11.6 Å². The van der Waals surface area contributed by atoms with Crippen LogP contribution in [0.25, 0.3) is 0 Å². The first-order valence-electron chi connectivity index (χ1n) is 7.28. The average molecular weight is 292 g/mol. The van der Waals surface area contributed by atoms with Gasteiger partial charge in [-0.2, -0.15) is 0 Å². The molecule has 1 aliphatic rings. The van der Waals surface area contributed by atoms with Crippen LogP contribution in [0, 0.1) is 0 Å². The molecule has 1 aliphatic carbocycles. The number of anilines is 2. The molecule has 0 spiro atoms. The standard InChI is InChI=1S/C14H24N6O/c1-14(2,3)19-12(21)6-7-16-10-8-11(20-15)18-13(17-10)9-4-5-9/h8-9H,4-7,15H2,1-3H3,(H,19,21)(H2,16,17,18,20). The summed E-state index contributed by atoms with van der Waals surface area (Å²) in [7, 11) is 0. The van der Waals surface area contributed by atoms with Gasteiger partial charge >= 0.3 is 0 Å². The minimum atomic E-state index is -0.207. The molecule has 1 heterocycles. The summed E-state index contributed by atoms with van der Waals surface area (Å²) >= 11 is 0. The zero-order valence-corrected chi connectivity index (χ0v) is 12.9. The zero-order valence-electron chi connectivity index (χ0n) is 12.9. The Bertz CT molecular complexity index is 507. The van der Waals surface area contributed by atoms with E-state index in [1.165, 1.54) is 0 Å². The lowest BCUT2D eigenvalue weighted by Crippen LogP contribution is -2.41. The third kappa shape index (κ3) is 5.18. The molecule has 0 unspecified atom stereocenters. The molecule has 0 bridgehead atoms. The van der Waals surface area contributed by atoms with Gasteiger partial charge < -0.3 is 16.1 Å². The number of nitrogens with one attached hydrogen (secondary N) is 3. The number of carbonyl (C=O) groups is 1. The Morgan fingerprint density at radius 2 is 2.00 bits per heavy atom. The van der Waals surface area contributed by atoms with Gasteiger partial charge in [0.15, 0.2) is 0 Å². The maximum atomic E-state index is 11.7. The van der Waals surface area contributed by atoms with Crippen molar-refractivity contribution in [2.45, 2.75) is 51.5 Å². The Labute approximate surface area is 125 Å². The van der Waals surface area contributed by atoms with E-state index in [4.69, 9.17) is 5.84 Å². The van der Waals surface area contributed by atoms with Crippen molar-refractivity contribution < 1.29 is 4.79 Å². The molecular weight excluding hydrogens is 268 g/mol. The maximum absolute atomic E-state index is 11.7. The summed E-state index contributed by atoms with van der Waals surface area (Å²) in [5.74, 6) is 7.99. The third-order valence-electron chi connectivity index (χ3n) is 3.01. The van der Waals surface area contributed by atoms with Gasteiger partial charge in [-0.25, -0.2) is 15.8 Å². The smallest absolute Gasteiger partial charge is 0.222 e. The van der Waals surface area contributed by atoms with Crippen molar-refractivity contribution >= 4 is 17.5 Å². The van der Waals surface area contributed by atoms with E-state index >= 15 is 0 Å². The molecule has 0 atom stereocenters. The molecule has 1 fully saturated rings. The molecule has 21 heavy (non-hydrogen) atoms. The zero-order chi connectivity index (χ0) is 15.5. The van der Waals surface area contributed by atoms with Gasteiger partial charge in [0.2, 0.25) is 5.91 Å². The van der Waals surface area contributed by atoms with E-state index in [0.717, 1.165) is 18.7 Å². The molecule has 116 valence electrons. The number of nitrogens with two attached hydrogens (primary N) is 1. The largest absolute Gasteiger partial charge is 0.369 e. The molecule has 2 rings (SSSR count). The molecule has 0 radical (unpaired) electrons. The highest BCUT2D eigenvalue weighted by atomic mass is 16.1.